The molecule has 5 aromatic rings. The molecule has 0 spiro atoms. The zero-order valence-electron chi connectivity index (χ0n) is 25.2. The van der Waals surface area contributed by atoms with Crippen molar-refractivity contribution in [3.05, 3.63) is 65.9 Å². The van der Waals surface area contributed by atoms with Crippen LogP contribution in [0.15, 0.2) is 54.6 Å². The number of carbonyl (C=O) groups is 1. The van der Waals surface area contributed by atoms with Crippen LogP contribution in [0.1, 0.15) is 55.6 Å². The highest BCUT2D eigenvalue weighted by Gasteiger charge is 2.28. The lowest BCUT2D eigenvalue weighted by Gasteiger charge is -2.25. The summed E-state index contributed by atoms with van der Waals surface area (Å²) in [7, 11) is -0.534. The number of aromatic nitrogens is 3. The highest BCUT2D eigenvalue weighted by atomic mass is 32.2. The van der Waals surface area contributed by atoms with Gasteiger partial charge in [0, 0.05) is 41.2 Å². The molecule has 44 heavy (non-hydrogen) atoms. The van der Waals surface area contributed by atoms with Gasteiger partial charge in [-0.1, -0.05) is 32.8 Å². The maximum absolute atomic E-state index is 13.5. The van der Waals surface area contributed by atoms with Gasteiger partial charge < -0.3 is 19.1 Å². The second-order valence-corrected chi connectivity index (χ2v) is 13.1. The van der Waals surface area contributed by atoms with Crippen LogP contribution in [0.3, 0.4) is 0 Å². The molecule has 0 atom stereocenters. The second-order valence-electron chi connectivity index (χ2n) is 10.6. The number of fused-ring (bicyclic) bond motifs is 2. The molecule has 0 aliphatic carbocycles. The molecule has 2 heterocycles. The molecule has 1 N–H and O–H groups in total. The van der Waals surface area contributed by atoms with E-state index in [-0.39, 0.29) is 18.0 Å². The smallest absolute Gasteiger partial charge is 0.353 e. The first-order valence-electron chi connectivity index (χ1n) is 14.6. The first-order chi connectivity index (χ1) is 21.2. The van der Waals surface area contributed by atoms with Crippen molar-refractivity contribution in [1.29, 1.82) is 0 Å². The molecule has 10 nitrogen and oxygen atoms in total. The monoisotopic (exact) mass is 636 g/mol. The van der Waals surface area contributed by atoms with Gasteiger partial charge in [0.2, 0.25) is 10.0 Å². The Balaban J connectivity index is 1.78. The van der Waals surface area contributed by atoms with Gasteiger partial charge in [-0.05, 0) is 60.9 Å². The maximum atomic E-state index is 13.5. The van der Waals surface area contributed by atoms with Crippen LogP contribution in [0.25, 0.3) is 33.1 Å². The summed E-state index contributed by atoms with van der Waals surface area (Å²) < 4.78 is 50.1. The van der Waals surface area contributed by atoms with Crippen molar-refractivity contribution in [1.82, 2.24) is 13.3 Å². The van der Waals surface area contributed by atoms with Gasteiger partial charge in [-0.15, -0.1) is 0 Å². The van der Waals surface area contributed by atoms with Crippen LogP contribution in [0, 0.1) is 0 Å². The number of carboxylic acids is 1. The van der Waals surface area contributed by atoms with Crippen LogP contribution >= 0.6 is 11.7 Å². The Morgan fingerprint density at radius 1 is 0.955 bits per heavy atom. The fourth-order valence-corrected chi connectivity index (χ4v) is 7.67. The largest absolute Gasteiger partial charge is 0.497 e. The predicted molar refractivity (Wildman–Crippen MR) is 175 cm³/mol. The van der Waals surface area contributed by atoms with Gasteiger partial charge in [-0.25, -0.2) is 13.2 Å². The molecule has 0 bridgehead atoms. The fourth-order valence-electron chi connectivity index (χ4n) is 5.44. The van der Waals surface area contributed by atoms with Crippen molar-refractivity contribution >= 4 is 55.3 Å². The number of sulfonamides is 1. The molecule has 2 aromatic heterocycles. The number of methoxy groups -OCH3 is 2. The Labute approximate surface area is 261 Å². The number of hydrogen-bond donors (Lipinski definition) is 1. The van der Waals surface area contributed by atoms with Gasteiger partial charge in [0.1, 0.15) is 28.2 Å². The molecule has 0 aliphatic heterocycles. The zero-order valence-corrected chi connectivity index (χ0v) is 26.9. The summed E-state index contributed by atoms with van der Waals surface area (Å²) in [5.41, 5.74) is 4.58. The van der Waals surface area contributed by atoms with Gasteiger partial charge >= 0.3 is 5.97 Å². The summed E-state index contributed by atoms with van der Waals surface area (Å²) in [5.74, 6) is -0.0836. The van der Waals surface area contributed by atoms with Crippen molar-refractivity contribution in [2.45, 2.75) is 46.1 Å². The minimum absolute atomic E-state index is 0.0414. The molecular formula is C32H36N4O6S2. The average Bonchev–Trinajstić information content (AvgIpc) is 3.62. The summed E-state index contributed by atoms with van der Waals surface area (Å²) >= 11 is 1.12. The molecule has 0 saturated heterocycles. The number of aromatic carboxylic acids is 1. The highest BCUT2D eigenvalue weighted by molar-refractivity contribution is 7.92. The summed E-state index contributed by atoms with van der Waals surface area (Å²) in [6.07, 6.45) is 2.83. The minimum Gasteiger partial charge on any atom is -0.497 e. The van der Waals surface area contributed by atoms with Gasteiger partial charge in [0.05, 0.1) is 37.4 Å². The molecule has 0 fully saturated rings. The summed E-state index contributed by atoms with van der Waals surface area (Å²) in [6.45, 7) is 4.57. The van der Waals surface area contributed by atoms with Crippen molar-refractivity contribution in [2.24, 2.45) is 0 Å². The molecule has 12 heteroatoms. The zero-order chi connectivity index (χ0) is 31.4. The number of ether oxygens (including phenoxy) is 2. The Kier molecular flexibility index (Phi) is 9.40. The van der Waals surface area contributed by atoms with E-state index in [9.17, 15) is 18.3 Å². The number of carboxylic acid groups (broad SMARTS) is 1. The highest BCUT2D eigenvalue weighted by Crippen LogP contribution is 2.43. The number of benzene rings is 3. The van der Waals surface area contributed by atoms with Crippen LogP contribution in [0.4, 0.5) is 5.69 Å². The van der Waals surface area contributed by atoms with E-state index in [1.165, 1.54) is 11.4 Å². The van der Waals surface area contributed by atoms with Crippen LogP contribution in [0.2, 0.25) is 0 Å². The number of unbranched alkanes of at least 4 members (excludes halogenated alkanes) is 2. The van der Waals surface area contributed by atoms with Crippen molar-refractivity contribution in [3.8, 4) is 22.6 Å². The first-order valence-corrected chi connectivity index (χ1v) is 16.9. The third kappa shape index (κ3) is 6.09. The molecule has 0 amide bonds. The van der Waals surface area contributed by atoms with E-state index < -0.39 is 16.0 Å². The van der Waals surface area contributed by atoms with E-state index in [0.29, 0.717) is 58.6 Å². The van der Waals surface area contributed by atoms with Crippen molar-refractivity contribution in [2.75, 3.05) is 30.8 Å². The lowest BCUT2D eigenvalue weighted by Crippen LogP contribution is -2.34. The third-order valence-electron chi connectivity index (χ3n) is 7.68. The van der Waals surface area contributed by atoms with Gasteiger partial charge in [0.25, 0.3) is 0 Å². The van der Waals surface area contributed by atoms with E-state index in [0.717, 1.165) is 41.2 Å². The lowest BCUT2D eigenvalue weighted by molar-refractivity contribution is 0.0687. The normalized spacial score (nSPS) is 11.7. The number of hydrogen-bond acceptors (Lipinski definition) is 8. The van der Waals surface area contributed by atoms with E-state index >= 15 is 0 Å². The Hall–Kier alpha value is -4.16. The molecule has 0 saturated carbocycles. The Morgan fingerprint density at radius 2 is 1.73 bits per heavy atom. The van der Waals surface area contributed by atoms with Gasteiger partial charge in [-0.3, -0.25) is 4.31 Å². The molecule has 0 aliphatic rings. The van der Waals surface area contributed by atoms with Crippen molar-refractivity contribution < 1.29 is 27.8 Å². The molecule has 5 rings (SSSR count). The number of rotatable bonds is 14. The van der Waals surface area contributed by atoms with E-state index in [1.807, 2.05) is 38.1 Å². The molecule has 0 radical (unpaired) electrons. The fraction of sp³-hybridized carbons (Fsp3) is 0.344. The van der Waals surface area contributed by atoms with Crippen LogP contribution in [0.5, 0.6) is 11.5 Å². The number of anilines is 1. The van der Waals surface area contributed by atoms with Crippen LogP contribution in [-0.2, 0) is 16.6 Å². The molecule has 232 valence electrons. The van der Waals surface area contributed by atoms with Crippen LogP contribution in [-0.4, -0.2) is 59.3 Å². The second kappa shape index (κ2) is 13.2. The van der Waals surface area contributed by atoms with Gasteiger partial charge in [-0.2, -0.15) is 8.75 Å². The standard InChI is InChI=1S/C32H36N4O6S2/c1-5-7-15-36(44(39,40)16-8-6-2)22-10-14-28-25(18-22)30(24-12-11-23(41-3)19-29(24)42-4)31(32(37)38)35(28)20-21-9-13-26-27(17-21)34-43-33-26/h9-14,17-19H,5-8,15-16,20H2,1-4H3,(H,37,38). The van der Waals surface area contributed by atoms with Crippen LogP contribution < -0.4 is 13.8 Å². The van der Waals surface area contributed by atoms with Crippen molar-refractivity contribution in [3.63, 3.8) is 0 Å². The first kappa shape index (κ1) is 31.3. The minimum atomic E-state index is -3.60. The van der Waals surface area contributed by atoms with E-state index in [1.54, 1.807) is 42.0 Å². The molecular weight excluding hydrogens is 601 g/mol. The summed E-state index contributed by atoms with van der Waals surface area (Å²) in [6, 6.07) is 16.3. The Bertz CT molecular complexity index is 1920. The predicted octanol–water partition coefficient (Wildman–Crippen LogP) is 6.81. The topological polar surface area (TPSA) is 124 Å². The Morgan fingerprint density at radius 3 is 2.43 bits per heavy atom. The quantitative estimate of drug-likeness (QED) is 0.141. The van der Waals surface area contributed by atoms with Gasteiger partial charge in [0.15, 0.2) is 0 Å². The summed E-state index contributed by atoms with van der Waals surface area (Å²) in [4.78, 5) is 13.1. The molecule has 0 unspecified atom stereocenters. The average molecular weight is 637 g/mol. The van der Waals surface area contributed by atoms with E-state index in [4.69, 9.17) is 9.47 Å². The SMILES string of the molecule is CCCCN(c1ccc2c(c1)c(-c1ccc(OC)cc1OC)c(C(=O)O)n2Cc1ccc2nsnc2c1)S(=O)(=O)CCCC. The molecule has 3 aromatic carbocycles. The summed E-state index contributed by atoms with van der Waals surface area (Å²) in [5, 5.41) is 11.3. The maximum Gasteiger partial charge on any atom is 0.353 e. The lowest BCUT2D eigenvalue weighted by atomic mass is 10.00. The third-order valence-corrected chi connectivity index (χ3v) is 10.1. The van der Waals surface area contributed by atoms with E-state index in [2.05, 4.69) is 8.75 Å². The number of nitrogens with zero attached hydrogens (tertiary/aromatic N) is 4.